The van der Waals surface area contributed by atoms with Gasteiger partial charge in [0, 0.05) is 11.6 Å². The Morgan fingerprint density at radius 1 is 1.58 bits per heavy atom. The Balaban J connectivity index is 2.38. The van der Waals surface area contributed by atoms with Gasteiger partial charge in [0.25, 0.3) is 0 Å². The maximum absolute atomic E-state index is 10.3. The Kier molecular flexibility index (Phi) is 4.07. The predicted molar refractivity (Wildman–Crippen MR) is 42.0 cm³/mol. The van der Waals surface area contributed by atoms with E-state index in [4.69, 9.17) is 21.1 Å². The van der Waals surface area contributed by atoms with Crippen molar-refractivity contribution in [2.24, 2.45) is 0 Å². The Labute approximate surface area is 75.0 Å². The maximum atomic E-state index is 10.3. The fourth-order valence-corrected chi connectivity index (χ4v) is 0.909. The van der Waals surface area contributed by atoms with Crippen molar-refractivity contribution < 1.29 is 19.0 Å². The second-order valence-corrected chi connectivity index (χ2v) is 2.49. The minimum atomic E-state index is -0.824. The SMILES string of the molecule is O=C(Cl)OC1/C=C/COCOC1. The number of carbonyl (C=O) groups is 1. The number of carbonyl (C=O) groups excluding carboxylic acids is 1. The molecule has 1 aliphatic heterocycles. The highest BCUT2D eigenvalue weighted by atomic mass is 35.5. The molecule has 0 fully saturated rings. The van der Waals surface area contributed by atoms with Crippen LogP contribution >= 0.6 is 11.6 Å². The molecule has 1 aliphatic rings. The molecule has 0 saturated heterocycles. The maximum Gasteiger partial charge on any atom is 0.404 e. The molecule has 1 atom stereocenters. The third-order valence-electron chi connectivity index (χ3n) is 1.26. The minimum Gasteiger partial charge on any atom is -0.444 e. The minimum absolute atomic E-state index is 0.209. The number of rotatable bonds is 1. The van der Waals surface area contributed by atoms with Crippen LogP contribution in [-0.2, 0) is 14.2 Å². The zero-order chi connectivity index (χ0) is 8.81. The summed E-state index contributed by atoms with van der Waals surface area (Å²) in [5, 5.41) is 0. The van der Waals surface area contributed by atoms with E-state index in [0.717, 1.165) is 0 Å². The summed E-state index contributed by atoms with van der Waals surface area (Å²) in [5.74, 6) is 0. The Bertz CT molecular complexity index is 180. The van der Waals surface area contributed by atoms with E-state index in [1.54, 1.807) is 12.2 Å². The van der Waals surface area contributed by atoms with Crippen molar-refractivity contribution in [2.75, 3.05) is 20.0 Å². The van der Waals surface area contributed by atoms with Gasteiger partial charge >= 0.3 is 5.43 Å². The normalized spacial score (nSPS) is 26.9. The molecule has 12 heavy (non-hydrogen) atoms. The van der Waals surface area contributed by atoms with Crippen LogP contribution in [0.3, 0.4) is 0 Å². The largest absolute Gasteiger partial charge is 0.444 e. The van der Waals surface area contributed by atoms with Crippen LogP contribution in [0.5, 0.6) is 0 Å². The summed E-state index contributed by atoms with van der Waals surface area (Å²) < 4.78 is 14.6. The van der Waals surface area contributed by atoms with Gasteiger partial charge in [-0.05, 0) is 6.08 Å². The van der Waals surface area contributed by atoms with E-state index in [2.05, 4.69) is 4.74 Å². The average molecular weight is 193 g/mol. The summed E-state index contributed by atoms with van der Waals surface area (Å²) in [6, 6.07) is 0. The van der Waals surface area contributed by atoms with Crippen molar-refractivity contribution in [3.63, 3.8) is 0 Å². The van der Waals surface area contributed by atoms with E-state index < -0.39 is 11.5 Å². The summed E-state index contributed by atoms with van der Waals surface area (Å²) in [7, 11) is 0. The fourth-order valence-electron chi connectivity index (χ4n) is 0.795. The van der Waals surface area contributed by atoms with E-state index in [1.165, 1.54) is 0 Å². The van der Waals surface area contributed by atoms with Gasteiger partial charge in [-0.2, -0.15) is 0 Å². The van der Waals surface area contributed by atoms with Crippen molar-refractivity contribution in [1.29, 1.82) is 0 Å². The molecule has 5 heteroatoms. The molecule has 0 radical (unpaired) electrons. The molecule has 0 spiro atoms. The van der Waals surface area contributed by atoms with Crippen LogP contribution < -0.4 is 0 Å². The van der Waals surface area contributed by atoms with Gasteiger partial charge in [0.05, 0.1) is 13.2 Å². The van der Waals surface area contributed by atoms with Crippen LogP contribution in [0, 0.1) is 0 Å². The lowest BCUT2D eigenvalue weighted by Gasteiger charge is -2.14. The van der Waals surface area contributed by atoms with Crippen LogP contribution in [0.25, 0.3) is 0 Å². The molecule has 0 amide bonds. The number of halogens is 1. The van der Waals surface area contributed by atoms with Crippen LogP contribution in [0.1, 0.15) is 0 Å². The molecule has 1 rings (SSSR count). The highest BCUT2D eigenvalue weighted by Gasteiger charge is 2.10. The zero-order valence-corrected chi connectivity index (χ0v) is 7.12. The molecule has 68 valence electrons. The molecule has 1 heterocycles. The van der Waals surface area contributed by atoms with E-state index in [1.807, 2.05) is 0 Å². The highest BCUT2D eigenvalue weighted by molar-refractivity contribution is 6.61. The Morgan fingerprint density at radius 3 is 3.17 bits per heavy atom. The first-order chi connectivity index (χ1) is 5.79. The Morgan fingerprint density at radius 2 is 2.42 bits per heavy atom. The molecule has 1 unspecified atom stereocenters. The summed E-state index contributed by atoms with van der Waals surface area (Å²) in [6.45, 7) is 0.936. The van der Waals surface area contributed by atoms with E-state index in [-0.39, 0.29) is 13.4 Å². The third-order valence-corrected chi connectivity index (χ3v) is 1.35. The molecule has 0 aromatic heterocycles. The first kappa shape index (κ1) is 9.51. The molecule has 0 aromatic rings. The fraction of sp³-hybridized carbons (Fsp3) is 0.571. The smallest absolute Gasteiger partial charge is 0.404 e. The molecule has 4 nitrogen and oxygen atoms in total. The Hall–Kier alpha value is -0.580. The van der Waals surface area contributed by atoms with Crippen molar-refractivity contribution in [3.8, 4) is 0 Å². The number of hydrogen-bond acceptors (Lipinski definition) is 4. The van der Waals surface area contributed by atoms with Crippen molar-refractivity contribution in [1.82, 2.24) is 0 Å². The van der Waals surface area contributed by atoms with Gasteiger partial charge in [0.15, 0.2) is 0 Å². The summed E-state index contributed by atoms with van der Waals surface area (Å²) in [6.07, 6.45) is 3.03. The molecular weight excluding hydrogens is 184 g/mol. The topological polar surface area (TPSA) is 44.8 Å². The van der Waals surface area contributed by atoms with Gasteiger partial charge in [-0.25, -0.2) is 4.79 Å². The van der Waals surface area contributed by atoms with Crippen LogP contribution in [0.4, 0.5) is 4.79 Å². The first-order valence-corrected chi connectivity index (χ1v) is 3.85. The van der Waals surface area contributed by atoms with E-state index in [9.17, 15) is 4.79 Å². The molecular formula is C7H9ClO4. The van der Waals surface area contributed by atoms with Crippen LogP contribution in [0.15, 0.2) is 12.2 Å². The van der Waals surface area contributed by atoms with Crippen molar-refractivity contribution in [3.05, 3.63) is 12.2 Å². The lowest BCUT2D eigenvalue weighted by Crippen LogP contribution is -2.21. The third kappa shape index (κ3) is 3.71. The van der Waals surface area contributed by atoms with Crippen molar-refractivity contribution >= 4 is 17.0 Å². The van der Waals surface area contributed by atoms with Gasteiger partial charge in [0.1, 0.15) is 12.9 Å². The molecule has 0 N–H and O–H groups in total. The van der Waals surface area contributed by atoms with Gasteiger partial charge in [-0.3, -0.25) is 0 Å². The second kappa shape index (κ2) is 5.13. The molecule has 0 aromatic carbocycles. The number of ether oxygens (including phenoxy) is 3. The lowest BCUT2D eigenvalue weighted by atomic mass is 10.3. The zero-order valence-electron chi connectivity index (χ0n) is 6.36. The van der Waals surface area contributed by atoms with Gasteiger partial charge in [-0.1, -0.05) is 6.08 Å². The number of hydrogen-bond donors (Lipinski definition) is 0. The standard InChI is InChI=1S/C7H9ClO4/c8-7(9)12-6-2-1-3-10-5-11-4-6/h1-2,6H,3-5H2/b2-1+. The highest BCUT2D eigenvalue weighted by Crippen LogP contribution is 2.02. The average Bonchev–Trinajstić information content (AvgIpc) is 1.93. The monoisotopic (exact) mass is 192 g/mol. The first-order valence-electron chi connectivity index (χ1n) is 3.47. The van der Waals surface area contributed by atoms with Gasteiger partial charge < -0.3 is 14.2 Å². The molecule has 0 aliphatic carbocycles. The van der Waals surface area contributed by atoms with Gasteiger partial charge in [-0.15, -0.1) is 0 Å². The van der Waals surface area contributed by atoms with E-state index >= 15 is 0 Å². The van der Waals surface area contributed by atoms with Gasteiger partial charge in [0.2, 0.25) is 0 Å². The summed E-state index contributed by atoms with van der Waals surface area (Å²) >= 11 is 5.02. The van der Waals surface area contributed by atoms with Crippen molar-refractivity contribution in [2.45, 2.75) is 6.10 Å². The quantitative estimate of drug-likeness (QED) is 0.464. The lowest BCUT2D eigenvalue weighted by molar-refractivity contribution is -0.0685. The van der Waals surface area contributed by atoms with Crippen LogP contribution in [0.2, 0.25) is 0 Å². The summed E-state index contributed by atoms with van der Waals surface area (Å²) in [5.41, 5.74) is -0.824. The predicted octanol–water partition coefficient (Wildman–Crippen LogP) is 1.29. The van der Waals surface area contributed by atoms with E-state index in [0.29, 0.717) is 6.61 Å². The molecule has 0 bridgehead atoms. The second-order valence-electron chi connectivity index (χ2n) is 2.18. The van der Waals surface area contributed by atoms with Crippen LogP contribution in [-0.4, -0.2) is 31.5 Å². The summed E-state index contributed by atoms with van der Waals surface area (Å²) in [4.78, 5) is 10.3. The molecule has 0 saturated carbocycles.